The van der Waals surface area contributed by atoms with E-state index in [1.54, 1.807) is 0 Å². The molecule has 1 atom stereocenters. The van der Waals surface area contributed by atoms with Gasteiger partial charge >= 0.3 is 12.1 Å². The van der Waals surface area contributed by atoms with Gasteiger partial charge in [0.25, 0.3) is 0 Å². The second-order valence-corrected chi connectivity index (χ2v) is 7.31. The highest BCUT2D eigenvalue weighted by Gasteiger charge is 2.30. The molecule has 0 saturated heterocycles. The van der Waals surface area contributed by atoms with Crippen LogP contribution in [0.15, 0.2) is 53.1 Å². The summed E-state index contributed by atoms with van der Waals surface area (Å²) < 4.78 is 10.4. The van der Waals surface area contributed by atoms with Crippen molar-refractivity contribution in [2.24, 2.45) is 5.73 Å². The molecule has 10 nitrogen and oxygen atoms in total. The van der Waals surface area contributed by atoms with E-state index in [0.29, 0.717) is 0 Å². The number of aliphatic carboxylic acids is 1. The molecule has 0 unspecified atom stereocenters. The van der Waals surface area contributed by atoms with Gasteiger partial charge in [-0.3, -0.25) is 9.59 Å². The number of carboxylic acids is 1. The SMILES string of the molecule is NC(=O)Cc1noc([C@@H](CC(=O)O)NC(=O)OCC2c3ccccc3-c3ccccc32)n1. The average Bonchev–Trinajstić information content (AvgIpc) is 3.34. The minimum Gasteiger partial charge on any atom is -0.481 e. The first-order valence-electron chi connectivity index (χ1n) is 9.86. The molecule has 3 aromatic rings. The predicted octanol–water partition coefficient (Wildman–Crippen LogP) is 2.15. The Morgan fingerprint density at radius 1 is 1.09 bits per heavy atom. The number of nitrogens with one attached hydrogen (secondary N) is 1. The molecule has 0 fully saturated rings. The fourth-order valence-electron chi connectivity index (χ4n) is 3.79. The second kappa shape index (κ2) is 8.88. The molecular formula is C22H20N4O6. The van der Waals surface area contributed by atoms with Crippen molar-refractivity contribution in [1.29, 1.82) is 0 Å². The van der Waals surface area contributed by atoms with E-state index in [4.69, 9.17) is 15.0 Å². The van der Waals surface area contributed by atoms with Crippen molar-refractivity contribution in [3.63, 3.8) is 0 Å². The Morgan fingerprint density at radius 3 is 2.31 bits per heavy atom. The van der Waals surface area contributed by atoms with Gasteiger partial charge in [-0.2, -0.15) is 4.98 Å². The molecule has 0 spiro atoms. The van der Waals surface area contributed by atoms with Crippen LogP contribution in [-0.2, 0) is 20.7 Å². The highest BCUT2D eigenvalue weighted by Crippen LogP contribution is 2.44. The van der Waals surface area contributed by atoms with Crippen molar-refractivity contribution in [3.8, 4) is 11.1 Å². The fraction of sp³-hybridized carbons (Fsp3) is 0.227. The van der Waals surface area contributed by atoms with Gasteiger partial charge < -0.3 is 25.4 Å². The summed E-state index contributed by atoms with van der Waals surface area (Å²) in [6.45, 7) is 0.0659. The number of amides is 2. The maximum atomic E-state index is 12.5. The van der Waals surface area contributed by atoms with Crippen LogP contribution < -0.4 is 11.1 Å². The van der Waals surface area contributed by atoms with Crippen LogP contribution in [0.4, 0.5) is 4.79 Å². The zero-order chi connectivity index (χ0) is 22.7. The third-order valence-electron chi connectivity index (χ3n) is 5.13. The van der Waals surface area contributed by atoms with Crippen LogP contribution in [-0.4, -0.2) is 39.8 Å². The molecule has 4 rings (SSSR count). The number of carbonyl (C=O) groups is 3. The van der Waals surface area contributed by atoms with E-state index in [-0.39, 0.29) is 30.7 Å². The third-order valence-corrected chi connectivity index (χ3v) is 5.13. The molecule has 1 heterocycles. The first-order chi connectivity index (χ1) is 15.4. The number of alkyl carbamates (subject to hydrolysis) is 1. The van der Waals surface area contributed by atoms with Gasteiger partial charge in [-0.05, 0) is 22.3 Å². The Labute approximate surface area is 182 Å². The van der Waals surface area contributed by atoms with Gasteiger partial charge in [0.1, 0.15) is 12.6 Å². The molecule has 10 heteroatoms. The van der Waals surface area contributed by atoms with Gasteiger partial charge in [0.2, 0.25) is 11.8 Å². The predicted molar refractivity (Wildman–Crippen MR) is 110 cm³/mol. The zero-order valence-corrected chi connectivity index (χ0v) is 16.9. The number of rotatable bonds is 8. The summed E-state index contributed by atoms with van der Waals surface area (Å²) in [4.78, 5) is 38.7. The second-order valence-electron chi connectivity index (χ2n) is 7.31. The lowest BCUT2D eigenvalue weighted by atomic mass is 9.98. The van der Waals surface area contributed by atoms with E-state index in [9.17, 15) is 19.5 Å². The minimum absolute atomic E-state index is 0.00257. The highest BCUT2D eigenvalue weighted by molar-refractivity contribution is 5.79. The number of benzene rings is 2. The van der Waals surface area contributed by atoms with E-state index in [2.05, 4.69) is 15.5 Å². The van der Waals surface area contributed by atoms with Gasteiger partial charge in [0.15, 0.2) is 5.82 Å². The number of carbonyl (C=O) groups excluding carboxylic acids is 2. The number of primary amides is 1. The van der Waals surface area contributed by atoms with Crippen molar-refractivity contribution < 1.29 is 28.8 Å². The molecule has 1 aliphatic rings. The fourth-order valence-corrected chi connectivity index (χ4v) is 3.79. The number of aromatic nitrogens is 2. The number of carboxylic acid groups (broad SMARTS) is 1. The number of hydrogen-bond acceptors (Lipinski definition) is 7. The quantitative estimate of drug-likeness (QED) is 0.485. The maximum Gasteiger partial charge on any atom is 0.407 e. The van der Waals surface area contributed by atoms with Crippen LogP contribution in [0.2, 0.25) is 0 Å². The molecule has 0 radical (unpaired) electrons. The lowest BCUT2D eigenvalue weighted by Crippen LogP contribution is -2.32. The van der Waals surface area contributed by atoms with Crippen molar-refractivity contribution in [3.05, 3.63) is 71.4 Å². The van der Waals surface area contributed by atoms with Crippen LogP contribution in [0.5, 0.6) is 0 Å². The number of hydrogen-bond donors (Lipinski definition) is 3. The standard InChI is InChI=1S/C22H20N4O6/c23-18(27)10-19-25-21(32-26-19)17(9-20(28)29)24-22(30)31-11-16-14-7-3-1-5-12(14)13-6-2-4-8-15(13)16/h1-8,16-17H,9-11H2,(H2,23,27)(H,24,30)(H,28,29)/t17-/m1/s1. The first kappa shape index (κ1) is 21.0. The van der Waals surface area contributed by atoms with Gasteiger partial charge in [0, 0.05) is 5.92 Å². The Kier molecular flexibility index (Phi) is 5.84. The van der Waals surface area contributed by atoms with Gasteiger partial charge in [-0.15, -0.1) is 0 Å². The molecule has 0 aliphatic heterocycles. The molecule has 32 heavy (non-hydrogen) atoms. The molecule has 4 N–H and O–H groups in total. The lowest BCUT2D eigenvalue weighted by molar-refractivity contribution is -0.137. The van der Waals surface area contributed by atoms with Gasteiger partial charge in [-0.25, -0.2) is 4.79 Å². The van der Waals surface area contributed by atoms with Gasteiger partial charge in [0.05, 0.1) is 12.8 Å². The summed E-state index contributed by atoms with van der Waals surface area (Å²) in [7, 11) is 0. The molecule has 2 aromatic carbocycles. The zero-order valence-electron chi connectivity index (χ0n) is 16.9. The van der Waals surface area contributed by atoms with Gasteiger partial charge in [-0.1, -0.05) is 53.7 Å². The molecule has 0 saturated carbocycles. The highest BCUT2D eigenvalue weighted by atomic mass is 16.5. The van der Waals surface area contributed by atoms with Crippen LogP contribution in [0.1, 0.15) is 41.2 Å². The van der Waals surface area contributed by atoms with Crippen LogP contribution in [0.25, 0.3) is 11.1 Å². The maximum absolute atomic E-state index is 12.5. The van der Waals surface area contributed by atoms with E-state index < -0.39 is 30.4 Å². The molecule has 1 aliphatic carbocycles. The van der Waals surface area contributed by atoms with E-state index >= 15 is 0 Å². The van der Waals surface area contributed by atoms with E-state index in [0.717, 1.165) is 22.3 Å². The van der Waals surface area contributed by atoms with Crippen LogP contribution in [0, 0.1) is 0 Å². The molecular weight excluding hydrogens is 416 g/mol. The Morgan fingerprint density at radius 2 is 1.72 bits per heavy atom. The molecule has 0 bridgehead atoms. The van der Waals surface area contributed by atoms with Crippen molar-refractivity contribution in [1.82, 2.24) is 15.5 Å². The van der Waals surface area contributed by atoms with E-state index in [1.165, 1.54) is 0 Å². The number of ether oxygens (including phenoxy) is 1. The molecule has 2 amide bonds. The largest absolute Gasteiger partial charge is 0.481 e. The third kappa shape index (κ3) is 4.43. The minimum atomic E-state index is -1.19. The van der Waals surface area contributed by atoms with Crippen LogP contribution >= 0.6 is 0 Å². The Hall–Kier alpha value is -4.21. The monoisotopic (exact) mass is 436 g/mol. The Bertz CT molecular complexity index is 1130. The summed E-state index contributed by atoms with van der Waals surface area (Å²) in [5, 5.41) is 15.2. The van der Waals surface area contributed by atoms with Crippen LogP contribution in [0.3, 0.4) is 0 Å². The van der Waals surface area contributed by atoms with E-state index in [1.807, 2.05) is 48.5 Å². The number of nitrogens with zero attached hydrogens (tertiary/aromatic N) is 2. The summed E-state index contributed by atoms with van der Waals surface area (Å²) in [6, 6.07) is 14.7. The normalized spacial score (nSPS) is 13.1. The summed E-state index contributed by atoms with van der Waals surface area (Å²) >= 11 is 0. The number of fused-ring (bicyclic) bond motifs is 3. The molecule has 1 aromatic heterocycles. The van der Waals surface area contributed by atoms with Crippen molar-refractivity contribution >= 4 is 18.0 Å². The molecule has 164 valence electrons. The summed E-state index contributed by atoms with van der Waals surface area (Å²) in [6.07, 6.45) is -1.61. The number of nitrogens with two attached hydrogens (primary N) is 1. The first-order valence-corrected chi connectivity index (χ1v) is 9.86. The smallest absolute Gasteiger partial charge is 0.407 e. The van der Waals surface area contributed by atoms with Crippen molar-refractivity contribution in [2.45, 2.75) is 24.8 Å². The lowest BCUT2D eigenvalue weighted by Gasteiger charge is -2.17. The average molecular weight is 436 g/mol. The Balaban J connectivity index is 1.45. The van der Waals surface area contributed by atoms with Crippen molar-refractivity contribution in [2.75, 3.05) is 6.61 Å². The topological polar surface area (TPSA) is 158 Å². The summed E-state index contributed by atoms with van der Waals surface area (Å²) in [5.41, 5.74) is 9.38. The summed E-state index contributed by atoms with van der Waals surface area (Å²) in [5.74, 6) is -2.16.